The molecule has 0 aromatic heterocycles. The van der Waals surface area contributed by atoms with Gasteiger partial charge < -0.3 is 13.7 Å². The third-order valence-corrected chi connectivity index (χ3v) is 12.1. The number of fused-ring (bicyclic) bond motifs is 5. The van der Waals surface area contributed by atoms with Crippen molar-refractivity contribution in [3.8, 4) is 0 Å². The van der Waals surface area contributed by atoms with Crippen molar-refractivity contribution in [1.82, 2.24) is 0 Å². The van der Waals surface area contributed by atoms with E-state index in [-0.39, 0.29) is 22.7 Å². The number of carbonyl (C=O) groups excluding carboxylic acids is 1. The molecule has 0 spiro atoms. The van der Waals surface area contributed by atoms with E-state index in [4.69, 9.17) is 13.7 Å². The van der Waals surface area contributed by atoms with Gasteiger partial charge in [-0.2, -0.15) is 0 Å². The number of nitrogens with zero attached hydrogens (tertiary/aromatic N) is 1. The van der Waals surface area contributed by atoms with Gasteiger partial charge in [0.25, 0.3) is 0 Å². The van der Waals surface area contributed by atoms with E-state index >= 15 is 0 Å². The third kappa shape index (κ3) is 5.39. The average Bonchev–Trinajstić information content (AvgIpc) is 3.05. The van der Waals surface area contributed by atoms with Gasteiger partial charge in [0.2, 0.25) is 0 Å². The van der Waals surface area contributed by atoms with Gasteiger partial charge >= 0.3 is 0 Å². The molecule has 0 bridgehead atoms. The highest BCUT2D eigenvalue weighted by molar-refractivity contribution is 6.70. The summed E-state index contributed by atoms with van der Waals surface area (Å²) in [5, 5.41) is 4.48. The van der Waals surface area contributed by atoms with Gasteiger partial charge in [0, 0.05) is 24.4 Å². The van der Waals surface area contributed by atoms with Crippen LogP contribution in [0.25, 0.3) is 0 Å². The number of ketones is 1. The number of rotatable bonds is 7. The molecule has 8 unspecified atom stereocenters. The summed E-state index contributed by atoms with van der Waals surface area (Å²) >= 11 is 0. The molecule has 0 N–H and O–H groups in total. The van der Waals surface area contributed by atoms with Crippen LogP contribution in [0.1, 0.15) is 65.2 Å². The summed E-state index contributed by atoms with van der Waals surface area (Å²) in [7, 11) is -1.58. The minimum absolute atomic E-state index is 0.0280. The van der Waals surface area contributed by atoms with Crippen LogP contribution >= 0.6 is 0 Å². The fraction of sp³-hybridized carbons (Fsp3) is 0.929. The molecule has 4 fully saturated rings. The molecule has 0 heterocycles. The number of Topliss-reactive ketones (excluding diaryl/α,β-unsaturated/α-hetero) is 1. The number of carbonyl (C=O) groups is 1. The SMILES string of the molecule is CO/N=C(\CO[Si](C)(C)C)C1CCC2C3CCC4CC(O[Si](C)(C)C)CCC4(C)C3C(=O)CC12C. The molecular weight excluding hydrogens is 470 g/mol. The highest BCUT2D eigenvalue weighted by Gasteiger charge is 2.64. The van der Waals surface area contributed by atoms with Gasteiger partial charge in [-0.05, 0) is 113 Å². The highest BCUT2D eigenvalue weighted by atomic mass is 28.4. The number of hydrogen-bond donors (Lipinski definition) is 0. The molecule has 4 aliphatic carbocycles. The Bertz CT molecular complexity index is 834. The molecule has 8 atom stereocenters. The fourth-order valence-electron chi connectivity index (χ4n) is 8.79. The second kappa shape index (κ2) is 9.66. The first-order chi connectivity index (χ1) is 16.2. The van der Waals surface area contributed by atoms with Gasteiger partial charge in [0.05, 0.1) is 12.3 Å². The molecule has 7 heteroatoms. The van der Waals surface area contributed by atoms with Crippen molar-refractivity contribution < 1.29 is 18.5 Å². The largest absolute Gasteiger partial charge is 0.415 e. The summed E-state index contributed by atoms with van der Waals surface area (Å²) in [5.74, 6) is 2.77. The van der Waals surface area contributed by atoms with Crippen LogP contribution in [0, 0.1) is 40.4 Å². The Morgan fingerprint density at radius 1 is 0.971 bits per heavy atom. The van der Waals surface area contributed by atoms with E-state index in [1.165, 1.54) is 19.3 Å². The van der Waals surface area contributed by atoms with Crippen LogP contribution in [0.5, 0.6) is 0 Å². The molecule has 0 aromatic rings. The van der Waals surface area contributed by atoms with E-state index < -0.39 is 16.6 Å². The summed E-state index contributed by atoms with van der Waals surface area (Å²) in [6, 6.07) is 0. The third-order valence-electron chi connectivity index (χ3n) is 10.1. The van der Waals surface area contributed by atoms with Crippen LogP contribution in [-0.2, 0) is 18.5 Å². The van der Waals surface area contributed by atoms with Gasteiger partial charge in [0.15, 0.2) is 16.6 Å². The normalized spacial score (nSPS) is 42.3. The lowest BCUT2D eigenvalue weighted by Crippen LogP contribution is -2.58. The van der Waals surface area contributed by atoms with Gasteiger partial charge in [-0.25, -0.2) is 0 Å². The average molecular weight is 522 g/mol. The summed E-state index contributed by atoms with van der Waals surface area (Å²) in [6.07, 6.45) is 9.27. The molecule has 0 aromatic carbocycles. The Morgan fingerprint density at radius 2 is 1.69 bits per heavy atom. The molecular formula is C28H51NO4Si2. The predicted molar refractivity (Wildman–Crippen MR) is 148 cm³/mol. The summed E-state index contributed by atoms with van der Waals surface area (Å²) in [5.41, 5.74) is 1.14. The Balaban J connectivity index is 1.54. The zero-order chi connectivity index (χ0) is 25.8. The molecule has 4 aliphatic rings. The fourth-order valence-corrected chi connectivity index (χ4v) is 10.6. The Morgan fingerprint density at radius 3 is 2.31 bits per heavy atom. The van der Waals surface area contributed by atoms with Crippen LogP contribution in [0.4, 0.5) is 0 Å². The van der Waals surface area contributed by atoms with Crippen LogP contribution in [0.3, 0.4) is 0 Å². The Hall–Kier alpha value is -0.506. The lowest BCUT2D eigenvalue weighted by atomic mass is 9.44. The zero-order valence-corrected chi connectivity index (χ0v) is 25.9. The quantitative estimate of drug-likeness (QED) is 0.208. The van der Waals surface area contributed by atoms with E-state index in [0.29, 0.717) is 42.7 Å². The first kappa shape index (κ1) is 27.5. The van der Waals surface area contributed by atoms with Crippen LogP contribution in [0.15, 0.2) is 5.16 Å². The standard InChI is InChI=1S/C28H51NO4Si2/c1-27-15-14-20(33-35(7,8)9)16-19(27)10-11-21-22-12-13-23(28(22,2)17-25(30)26(21)27)24(29-31-3)18-32-34(4,5)6/h19-23,26H,10-18H2,1-9H3/b29-24+. The van der Waals surface area contributed by atoms with E-state index in [0.717, 1.165) is 31.4 Å². The van der Waals surface area contributed by atoms with Crippen LogP contribution < -0.4 is 0 Å². The smallest absolute Gasteiger partial charge is 0.184 e. The van der Waals surface area contributed by atoms with Gasteiger partial charge in [0.1, 0.15) is 12.9 Å². The number of oxime groups is 1. The highest BCUT2D eigenvalue weighted by Crippen LogP contribution is 2.66. The minimum Gasteiger partial charge on any atom is -0.415 e. The maximum atomic E-state index is 14.1. The van der Waals surface area contributed by atoms with Crippen molar-refractivity contribution >= 4 is 28.1 Å². The molecule has 0 aliphatic heterocycles. The maximum absolute atomic E-state index is 14.1. The van der Waals surface area contributed by atoms with Crippen LogP contribution in [-0.4, -0.2) is 48.0 Å². The number of hydrogen-bond acceptors (Lipinski definition) is 5. The van der Waals surface area contributed by atoms with Crippen LogP contribution in [0.2, 0.25) is 39.3 Å². The molecule has 0 saturated heterocycles. The van der Waals surface area contributed by atoms with E-state index in [9.17, 15) is 4.79 Å². The van der Waals surface area contributed by atoms with Gasteiger partial charge in [-0.1, -0.05) is 19.0 Å². The molecule has 4 saturated carbocycles. The lowest BCUT2D eigenvalue weighted by molar-refractivity contribution is -0.159. The predicted octanol–water partition coefficient (Wildman–Crippen LogP) is 6.90. The zero-order valence-electron chi connectivity index (χ0n) is 23.9. The molecule has 5 nitrogen and oxygen atoms in total. The topological polar surface area (TPSA) is 57.1 Å². The first-order valence-electron chi connectivity index (χ1n) is 14.1. The summed E-state index contributed by atoms with van der Waals surface area (Å²) in [6.45, 7) is 18.9. The van der Waals surface area contributed by atoms with E-state index in [2.05, 4.69) is 58.3 Å². The lowest BCUT2D eigenvalue weighted by Gasteiger charge is -2.60. The van der Waals surface area contributed by atoms with Crippen molar-refractivity contribution in [2.45, 2.75) is 111 Å². The molecule has 0 radical (unpaired) electrons. The van der Waals surface area contributed by atoms with E-state index in [1.807, 2.05) is 0 Å². The summed E-state index contributed by atoms with van der Waals surface area (Å²) in [4.78, 5) is 19.4. The van der Waals surface area contributed by atoms with Crippen molar-refractivity contribution in [1.29, 1.82) is 0 Å². The Kier molecular flexibility index (Phi) is 7.60. The Labute approximate surface area is 216 Å². The second-order valence-corrected chi connectivity index (χ2v) is 23.6. The second-order valence-electron chi connectivity index (χ2n) is 14.6. The molecule has 35 heavy (non-hydrogen) atoms. The molecule has 200 valence electrons. The van der Waals surface area contributed by atoms with Crippen molar-refractivity contribution in [3.05, 3.63) is 0 Å². The van der Waals surface area contributed by atoms with Gasteiger partial charge in [-0.15, -0.1) is 0 Å². The van der Waals surface area contributed by atoms with Crippen molar-refractivity contribution in [2.24, 2.45) is 45.6 Å². The first-order valence-corrected chi connectivity index (χ1v) is 20.9. The van der Waals surface area contributed by atoms with E-state index in [1.54, 1.807) is 7.11 Å². The van der Waals surface area contributed by atoms with Crippen molar-refractivity contribution in [2.75, 3.05) is 13.7 Å². The van der Waals surface area contributed by atoms with Crippen molar-refractivity contribution in [3.63, 3.8) is 0 Å². The minimum atomic E-state index is -1.67. The van der Waals surface area contributed by atoms with Gasteiger partial charge in [-0.3, -0.25) is 4.79 Å². The molecule has 4 rings (SSSR count). The monoisotopic (exact) mass is 521 g/mol. The maximum Gasteiger partial charge on any atom is 0.184 e. The molecule has 0 amide bonds. The summed E-state index contributed by atoms with van der Waals surface area (Å²) < 4.78 is 12.8.